The molecule has 3 nitrogen and oxygen atoms in total. The van der Waals surface area contributed by atoms with Crippen molar-refractivity contribution in [2.45, 2.75) is 31.4 Å². The van der Waals surface area contributed by atoms with E-state index in [0.717, 1.165) is 29.5 Å². The second-order valence-electron chi connectivity index (χ2n) is 4.37. The van der Waals surface area contributed by atoms with Crippen molar-refractivity contribution < 1.29 is 9.47 Å². The topological polar surface area (TPSA) is 44.5 Å². The van der Waals surface area contributed by atoms with Crippen molar-refractivity contribution in [3.05, 3.63) is 28.7 Å². The normalized spacial score (nSPS) is 23.9. The summed E-state index contributed by atoms with van der Waals surface area (Å²) in [6.07, 6.45) is 3.48. The van der Waals surface area contributed by atoms with Gasteiger partial charge in [-0.1, -0.05) is 15.9 Å². The molecule has 2 N–H and O–H groups in total. The molecule has 17 heavy (non-hydrogen) atoms. The molecule has 94 valence electrons. The number of nitrogens with two attached hydrogens (primary N) is 1. The Balaban J connectivity index is 1.61. The predicted octanol–water partition coefficient (Wildman–Crippen LogP) is 2.72. The molecule has 0 radical (unpaired) electrons. The number of halogens is 1. The van der Waals surface area contributed by atoms with Crippen LogP contribution < -0.4 is 10.5 Å². The average Bonchev–Trinajstić information content (AvgIpc) is 2.73. The maximum Gasteiger partial charge on any atom is 0.119 e. The third-order valence-corrected chi connectivity index (χ3v) is 3.47. The number of benzene rings is 1. The van der Waals surface area contributed by atoms with Crippen LogP contribution in [0.5, 0.6) is 5.75 Å². The fraction of sp³-hybridized carbons (Fsp3) is 0.538. The highest BCUT2D eigenvalue weighted by Crippen LogP contribution is 2.20. The molecule has 2 rings (SSSR count). The second kappa shape index (κ2) is 6.38. The van der Waals surface area contributed by atoms with E-state index in [0.29, 0.717) is 25.4 Å². The highest BCUT2D eigenvalue weighted by molar-refractivity contribution is 9.10. The molecule has 1 aromatic rings. The summed E-state index contributed by atoms with van der Waals surface area (Å²) in [5.74, 6) is 0.875. The minimum Gasteiger partial charge on any atom is -0.491 e. The van der Waals surface area contributed by atoms with E-state index in [1.807, 2.05) is 24.3 Å². The molecule has 2 unspecified atom stereocenters. The number of rotatable bonds is 5. The molecule has 0 aromatic heterocycles. The van der Waals surface area contributed by atoms with Crippen LogP contribution in [0, 0.1) is 0 Å². The molecule has 4 heteroatoms. The Kier molecular flexibility index (Phi) is 4.83. The van der Waals surface area contributed by atoms with Crippen LogP contribution in [0.1, 0.15) is 19.3 Å². The summed E-state index contributed by atoms with van der Waals surface area (Å²) in [5.41, 5.74) is 5.82. The maximum absolute atomic E-state index is 5.82. The molecule has 0 heterocycles. The molecule has 0 bridgehead atoms. The van der Waals surface area contributed by atoms with Crippen LogP contribution in [-0.4, -0.2) is 25.4 Å². The molecule has 0 amide bonds. The lowest BCUT2D eigenvalue weighted by Crippen LogP contribution is -2.19. The molecular formula is C13H18BrNO2. The minimum absolute atomic E-state index is 0.326. The van der Waals surface area contributed by atoms with Crippen LogP contribution in [-0.2, 0) is 4.74 Å². The van der Waals surface area contributed by atoms with Gasteiger partial charge in [-0.15, -0.1) is 0 Å². The van der Waals surface area contributed by atoms with E-state index in [1.54, 1.807) is 0 Å². The lowest BCUT2D eigenvalue weighted by molar-refractivity contribution is 0.0375. The summed E-state index contributed by atoms with van der Waals surface area (Å²) >= 11 is 3.39. The SMILES string of the molecule is NC1CCC(OCCOc2ccc(Br)cc2)C1. The van der Waals surface area contributed by atoms with E-state index in [1.165, 1.54) is 0 Å². The first-order valence-electron chi connectivity index (χ1n) is 5.99. The number of ether oxygens (including phenoxy) is 2. The number of hydrogen-bond donors (Lipinski definition) is 1. The Morgan fingerprint density at radius 3 is 2.59 bits per heavy atom. The van der Waals surface area contributed by atoms with Gasteiger partial charge in [-0.05, 0) is 43.5 Å². The maximum atomic E-state index is 5.82. The van der Waals surface area contributed by atoms with Gasteiger partial charge in [-0.3, -0.25) is 0 Å². The Hall–Kier alpha value is -0.580. The van der Waals surface area contributed by atoms with Gasteiger partial charge < -0.3 is 15.2 Å². The molecule has 1 aliphatic carbocycles. The predicted molar refractivity (Wildman–Crippen MR) is 71.2 cm³/mol. The molecule has 1 aromatic carbocycles. The third-order valence-electron chi connectivity index (χ3n) is 2.94. The van der Waals surface area contributed by atoms with Gasteiger partial charge in [0.2, 0.25) is 0 Å². The summed E-state index contributed by atoms with van der Waals surface area (Å²) in [5, 5.41) is 0. The first-order chi connectivity index (χ1) is 8.24. The summed E-state index contributed by atoms with van der Waals surface area (Å²) in [6.45, 7) is 1.22. The highest BCUT2D eigenvalue weighted by atomic mass is 79.9. The van der Waals surface area contributed by atoms with Crippen molar-refractivity contribution >= 4 is 15.9 Å². The van der Waals surface area contributed by atoms with Gasteiger partial charge in [0.05, 0.1) is 12.7 Å². The monoisotopic (exact) mass is 299 g/mol. The molecule has 1 aliphatic rings. The van der Waals surface area contributed by atoms with E-state index in [-0.39, 0.29) is 0 Å². The first kappa shape index (κ1) is 12.9. The van der Waals surface area contributed by atoms with E-state index in [4.69, 9.17) is 15.2 Å². The average molecular weight is 300 g/mol. The Labute approximate surface area is 110 Å². The van der Waals surface area contributed by atoms with Gasteiger partial charge in [-0.25, -0.2) is 0 Å². The smallest absolute Gasteiger partial charge is 0.119 e. The van der Waals surface area contributed by atoms with Crippen molar-refractivity contribution in [3.63, 3.8) is 0 Å². The van der Waals surface area contributed by atoms with Crippen molar-refractivity contribution in [3.8, 4) is 5.75 Å². The fourth-order valence-electron chi connectivity index (χ4n) is 2.03. The summed E-state index contributed by atoms with van der Waals surface area (Å²) < 4.78 is 12.3. The standard InChI is InChI=1S/C13H18BrNO2/c14-10-1-4-12(5-2-10)16-7-8-17-13-6-3-11(15)9-13/h1-2,4-5,11,13H,3,6-9,15H2. The van der Waals surface area contributed by atoms with Gasteiger partial charge in [0.15, 0.2) is 0 Å². The van der Waals surface area contributed by atoms with Gasteiger partial charge in [-0.2, -0.15) is 0 Å². The number of hydrogen-bond acceptors (Lipinski definition) is 3. The van der Waals surface area contributed by atoms with Gasteiger partial charge in [0.25, 0.3) is 0 Å². The van der Waals surface area contributed by atoms with Crippen molar-refractivity contribution in [2.75, 3.05) is 13.2 Å². The highest BCUT2D eigenvalue weighted by Gasteiger charge is 2.21. The molecule has 0 saturated heterocycles. The third kappa shape index (κ3) is 4.30. The summed E-state index contributed by atoms with van der Waals surface area (Å²) in [6, 6.07) is 8.14. The molecule has 1 fully saturated rings. The summed E-state index contributed by atoms with van der Waals surface area (Å²) in [7, 11) is 0. The Morgan fingerprint density at radius 2 is 1.94 bits per heavy atom. The first-order valence-corrected chi connectivity index (χ1v) is 6.79. The lowest BCUT2D eigenvalue weighted by atomic mass is 10.3. The fourth-order valence-corrected chi connectivity index (χ4v) is 2.29. The molecule has 0 aliphatic heterocycles. The lowest BCUT2D eigenvalue weighted by Gasteiger charge is -2.12. The largest absolute Gasteiger partial charge is 0.491 e. The zero-order valence-corrected chi connectivity index (χ0v) is 11.4. The van der Waals surface area contributed by atoms with E-state index >= 15 is 0 Å². The van der Waals surface area contributed by atoms with Gasteiger partial charge in [0, 0.05) is 10.5 Å². The quantitative estimate of drug-likeness (QED) is 0.850. The zero-order chi connectivity index (χ0) is 12.1. The van der Waals surface area contributed by atoms with Crippen LogP contribution >= 0.6 is 15.9 Å². The summed E-state index contributed by atoms with van der Waals surface area (Å²) in [4.78, 5) is 0. The van der Waals surface area contributed by atoms with Crippen LogP contribution in [0.4, 0.5) is 0 Å². The molecular weight excluding hydrogens is 282 g/mol. The van der Waals surface area contributed by atoms with Crippen molar-refractivity contribution in [2.24, 2.45) is 5.73 Å². The van der Waals surface area contributed by atoms with Crippen molar-refractivity contribution in [1.82, 2.24) is 0 Å². The molecule has 1 saturated carbocycles. The van der Waals surface area contributed by atoms with Crippen molar-refractivity contribution in [1.29, 1.82) is 0 Å². The van der Waals surface area contributed by atoms with Crippen LogP contribution in [0.2, 0.25) is 0 Å². The molecule has 2 atom stereocenters. The molecule has 0 spiro atoms. The van der Waals surface area contributed by atoms with E-state index in [9.17, 15) is 0 Å². The Morgan fingerprint density at radius 1 is 1.18 bits per heavy atom. The Bertz CT molecular complexity index is 342. The van der Waals surface area contributed by atoms with E-state index < -0.39 is 0 Å². The van der Waals surface area contributed by atoms with E-state index in [2.05, 4.69) is 15.9 Å². The van der Waals surface area contributed by atoms with Crippen LogP contribution in [0.3, 0.4) is 0 Å². The van der Waals surface area contributed by atoms with Crippen LogP contribution in [0.25, 0.3) is 0 Å². The second-order valence-corrected chi connectivity index (χ2v) is 5.28. The van der Waals surface area contributed by atoms with Gasteiger partial charge in [0.1, 0.15) is 12.4 Å². The zero-order valence-electron chi connectivity index (χ0n) is 9.77. The van der Waals surface area contributed by atoms with Gasteiger partial charge >= 0.3 is 0 Å². The van der Waals surface area contributed by atoms with Crippen LogP contribution in [0.15, 0.2) is 28.7 Å². The minimum atomic E-state index is 0.326.